The standard InChI is InChI=1S/C18H13BF2S/c1-11-2-7-17(22-11)18-15(20)8-14(9-16(18)21)13-5-3-12(10-19)4-6-13/h2-9H,10H2,1H3. The van der Waals surface area contributed by atoms with Crippen LogP contribution in [0.5, 0.6) is 0 Å². The Morgan fingerprint density at radius 3 is 2.05 bits per heavy atom. The average Bonchev–Trinajstić information content (AvgIpc) is 2.93. The Hall–Kier alpha value is -1.94. The Bertz CT molecular complexity index is 783. The van der Waals surface area contributed by atoms with Crippen molar-refractivity contribution < 1.29 is 8.78 Å². The lowest BCUT2D eigenvalue weighted by molar-refractivity contribution is 0.591. The largest absolute Gasteiger partial charge is 0.206 e. The van der Waals surface area contributed by atoms with E-state index in [1.165, 1.54) is 23.5 Å². The molecule has 22 heavy (non-hydrogen) atoms. The minimum Gasteiger partial charge on any atom is -0.206 e. The van der Waals surface area contributed by atoms with E-state index >= 15 is 0 Å². The van der Waals surface area contributed by atoms with Crippen LogP contribution in [0.3, 0.4) is 0 Å². The minimum absolute atomic E-state index is 0.0421. The lowest BCUT2D eigenvalue weighted by Gasteiger charge is -2.08. The van der Waals surface area contributed by atoms with Gasteiger partial charge in [0.05, 0.1) is 13.4 Å². The fourth-order valence-corrected chi connectivity index (χ4v) is 3.29. The van der Waals surface area contributed by atoms with Gasteiger partial charge in [-0.05, 0) is 42.3 Å². The first kappa shape index (κ1) is 15.0. The van der Waals surface area contributed by atoms with Crippen LogP contribution >= 0.6 is 11.3 Å². The van der Waals surface area contributed by atoms with Gasteiger partial charge >= 0.3 is 0 Å². The molecule has 3 aromatic rings. The third kappa shape index (κ3) is 2.84. The molecule has 108 valence electrons. The van der Waals surface area contributed by atoms with Gasteiger partial charge in [-0.1, -0.05) is 36.1 Å². The van der Waals surface area contributed by atoms with Crippen LogP contribution in [0, 0.1) is 18.6 Å². The van der Waals surface area contributed by atoms with E-state index in [0.717, 1.165) is 16.0 Å². The van der Waals surface area contributed by atoms with Crippen LogP contribution < -0.4 is 0 Å². The summed E-state index contributed by atoms with van der Waals surface area (Å²) in [4.78, 5) is 1.63. The Kier molecular flexibility index (Phi) is 4.12. The van der Waals surface area contributed by atoms with Gasteiger partial charge in [0.2, 0.25) is 0 Å². The Labute approximate surface area is 133 Å². The number of hydrogen-bond donors (Lipinski definition) is 0. The lowest BCUT2D eigenvalue weighted by Crippen LogP contribution is -1.91. The van der Waals surface area contributed by atoms with Crippen LogP contribution in [-0.2, 0) is 6.32 Å². The Morgan fingerprint density at radius 1 is 0.909 bits per heavy atom. The maximum absolute atomic E-state index is 14.4. The molecular weight excluding hydrogens is 297 g/mol. The topological polar surface area (TPSA) is 0 Å². The third-order valence-corrected chi connectivity index (χ3v) is 4.57. The molecule has 1 aromatic heterocycles. The average molecular weight is 310 g/mol. The summed E-state index contributed by atoms with van der Waals surface area (Å²) in [7, 11) is 5.55. The molecule has 0 fully saturated rings. The predicted octanol–water partition coefficient (Wildman–Crippen LogP) is 5.34. The second-order valence-corrected chi connectivity index (χ2v) is 6.41. The summed E-state index contributed by atoms with van der Waals surface area (Å²) < 4.78 is 28.8. The fraction of sp³-hybridized carbons (Fsp3) is 0.111. The second-order valence-electron chi connectivity index (χ2n) is 5.13. The van der Waals surface area contributed by atoms with Gasteiger partial charge in [0, 0.05) is 9.75 Å². The zero-order chi connectivity index (χ0) is 15.7. The number of benzene rings is 2. The Balaban J connectivity index is 2.05. The maximum Gasteiger partial charge on any atom is 0.135 e. The zero-order valence-corrected chi connectivity index (χ0v) is 12.9. The number of rotatable bonds is 3. The molecular formula is C18H13BF2S. The van der Waals surface area contributed by atoms with E-state index in [-0.39, 0.29) is 5.56 Å². The van der Waals surface area contributed by atoms with E-state index in [0.29, 0.717) is 16.8 Å². The van der Waals surface area contributed by atoms with Crippen LogP contribution in [0.15, 0.2) is 48.5 Å². The highest BCUT2D eigenvalue weighted by Crippen LogP contribution is 2.34. The molecule has 1 heterocycles. The van der Waals surface area contributed by atoms with Crippen molar-refractivity contribution in [2.75, 3.05) is 0 Å². The molecule has 0 bridgehead atoms. The van der Waals surface area contributed by atoms with Crippen molar-refractivity contribution in [2.45, 2.75) is 13.2 Å². The molecule has 0 nitrogen and oxygen atoms in total. The first-order valence-electron chi connectivity index (χ1n) is 6.93. The van der Waals surface area contributed by atoms with Gasteiger partial charge in [0.1, 0.15) is 11.6 Å². The predicted molar refractivity (Wildman–Crippen MR) is 89.3 cm³/mol. The van der Waals surface area contributed by atoms with Gasteiger partial charge in [-0.15, -0.1) is 11.3 Å². The van der Waals surface area contributed by atoms with Crippen molar-refractivity contribution in [3.63, 3.8) is 0 Å². The van der Waals surface area contributed by atoms with E-state index in [1.54, 1.807) is 6.07 Å². The molecule has 0 atom stereocenters. The summed E-state index contributed by atoms with van der Waals surface area (Å²) in [6, 6.07) is 13.7. The molecule has 0 aliphatic carbocycles. The highest BCUT2D eigenvalue weighted by atomic mass is 32.1. The van der Waals surface area contributed by atoms with Crippen LogP contribution in [0.25, 0.3) is 21.6 Å². The summed E-state index contributed by atoms with van der Waals surface area (Å²) >= 11 is 1.38. The SMILES string of the molecule is [B]Cc1ccc(-c2cc(F)c(-c3ccc(C)s3)c(F)c2)cc1. The van der Waals surface area contributed by atoms with Gasteiger partial charge in [0.25, 0.3) is 0 Å². The van der Waals surface area contributed by atoms with Gasteiger partial charge in [-0.2, -0.15) is 0 Å². The van der Waals surface area contributed by atoms with E-state index in [2.05, 4.69) is 0 Å². The van der Waals surface area contributed by atoms with Crippen molar-refractivity contribution in [1.82, 2.24) is 0 Å². The normalized spacial score (nSPS) is 10.9. The van der Waals surface area contributed by atoms with Crippen LogP contribution in [0.2, 0.25) is 0 Å². The van der Waals surface area contributed by atoms with Gasteiger partial charge in [-0.25, -0.2) is 8.78 Å². The van der Waals surface area contributed by atoms with Gasteiger partial charge in [-0.3, -0.25) is 0 Å². The lowest BCUT2D eigenvalue weighted by atomic mass is 9.94. The molecule has 2 radical (unpaired) electrons. The third-order valence-electron chi connectivity index (χ3n) is 3.55. The van der Waals surface area contributed by atoms with Crippen molar-refractivity contribution >= 4 is 19.2 Å². The fourth-order valence-electron chi connectivity index (χ4n) is 2.38. The molecule has 2 aromatic carbocycles. The Morgan fingerprint density at radius 2 is 1.55 bits per heavy atom. The highest BCUT2D eigenvalue weighted by Gasteiger charge is 2.15. The number of hydrogen-bond acceptors (Lipinski definition) is 1. The zero-order valence-electron chi connectivity index (χ0n) is 12.1. The van der Waals surface area contributed by atoms with E-state index < -0.39 is 11.6 Å². The molecule has 0 amide bonds. The van der Waals surface area contributed by atoms with E-state index in [4.69, 9.17) is 7.85 Å². The molecule has 3 rings (SSSR count). The van der Waals surface area contributed by atoms with E-state index in [9.17, 15) is 8.78 Å². The molecule has 0 saturated heterocycles. The summed E-state index contributed by atoms with van der Waals surface area (Å²) in [5, 5.41) is 0. The van der Waals surface area contributed by atoms with E-state index in [1.807, 2.05) is 37.3 Å². The molecule has 0 spiro atoms. The van der Waals surface area contributed by atoms with Crippen LogP contribution in [0.1, 0.15) is 10.4 Å². The molecule has 0 unspecified atom stereocenters. The summed E-state index contributed by atoms with van der Waals surface area (Å²) in [5.41, 5.74) is 2.32. The smallest absolute Gasteiger partial charge is 0.135 e. The molecule has 0 N–H and O–H groups in total. The quantitative estimate of drug-likeness (QED) is 0.573. The van der Waals surface area contributed by atoms with Crippen molar-refractivity contribution in [3.05, 3.63) is 70.6 Å². The monoisotopic (exact) mass is 310 g/mol. The van der Waals surface area contributed by atoms with Gasteiger partial charge < -0.3 is 0 Å². The van der Waals surface area contributed by atoms with Crippen molar-refractivity contribution in [2.24, 2.45) is 0 Å². The highest BCUT2D eigenvalue weighted by molar-refractivity contribution is 7.15. The molecule has 0 saturated carbocycles. The number of thiophene rings is 1. The molecule has 0 aliphatic rings. The maximum atomic E-state index is 14.4. The first-order valence-corrected chi connectivity index (χ1v) is 7.75. The summed E-state index contributed by atoms with van der Waals surface area (Å²) in [6.45, 7) is 1.91. The minimum atomic E-state index is -0.542. The van der Waals surface area contributed by atoms with Crippen molar-refractivity contribution in [3.8, 4) is 21.6 Å². The molecule has 4 heteroatoms. The van der Waals surface area contributed by atoms with Crippen LogP contribution in [0.4, 0.5) is 8.78 Å². The summed E-state index contributed by atoms with van der Waals surface area (Å²) in [6.07, 6.45) is 0.444. The molecule has 0 aliphatic heterocycles. The summed E-state index contributed by atoms with van der Waals surface area (Å²) in [5.74, 6) is -1.08. The van der Waals surface area contributed by atoms with Crippen LogP contribution in [-0.4, -0.2) is 7.85 Å². The first-order chi connectivity index (χ1) is 10.6. The number of halogens is 2. The number of aryl methyl sites for hydroxylation is 1. The van der Waals surface area contributed by atoms with Gasteiger partial charge in [0.15, 0.2) is 0 Å². The van der Waals surface area contributed by atoms with Crippen molar-refractivity contribution in [1.29, 1.82) is 0 Å². The second kappa shape index (κ2) is 6.05.